The van der Waals surface area contributed by atoms with Gasteiger partial charge in [0.05, 0.1) is 19.1 Å². The molecule has 10 heteroatoms. The number of ether oxygens (including phenoxy) is 1. The van der Waals surface area contributed by atoms with Gasteiger partial charge < -0.3 is 15.0 Å². The Kier molecular flexibility index (Phi) is 8.69. The number of nitrogens with one attached hydrogen (secondary N) is 1. The molecule has 0 unspecified atom stereocenters. The van der Waals surface area contributed by atoms with Gasteiger partial charge in [0.2, 0.25) is 21.8 Å². The Morgan fingerprint density at radius 3 is 2.16 bits per heavy atom. The molecule has 0 fully saturated rings. The van der Waals surface area contributed by atoms with Crippen molar-refractivity contribution in [2.24, 2.45) is 0 Å². The van der Waals surface area contributed by atoms with Crippen LogP contribution in [0.25, 0.3) is 0 Å². The van der Waals surface area contributed by atoms with E-state index in [1.165, 1.54) is 11.9 Å². The van der Waals surface area contributed by atoms with Crippen molar-refractivity contribution in [3.05, 3.63) is 57.7 Å². The third-order valence-electron chi connectivity index (χ3n) is 4.72. The van der Waals surface area contributed by atoms with Crippen LogP contribution < -0.4 is 14.4 Å². The zero-order chi connectivity index (χ0) is 23.2. The highest BCUT2D eigenvalue weighted by Crippen LogP contribution is 2.21. The number of anilines is 1. The van der Waals surface area contributed by atoms with Gasteiger partial charge in [-0.05, 0) is 71.5 Å². The number of hydrogen-bond donors (Lipinski definition) is 1. The highest BCUT2D eigenvalue weighted by molar-refractivity contribution is 14.1. The lowest BCUT2D eigenvalue weighted by Gasteiger charge is -2.31. The van der Waals surface area contributed by atoms with E-state index in [0.717, 1.165) is 19.7 Å². The molecule has 0 radical (unpaired) electrons. The summed E-state index contributed by atoms with van der Waals surface area (Å²) in [6, 6.07) is 13.1. The first kappa shape index (κ1) is 24.9. The van der Waals surface area contributed by atoms with E-state index in [1.807, 2.05) is 0 Å². The zero-order valence-electron chi connectivity index (χ0n) is 17.8. The summed E-state index contributed by atoms with van der Waals surface area (Å²) in [7, 11) is -0.679. The van der Waals surface area contributed by atoms with Crippen LogP contribution in [0.1, 0.15) is 12.5 Å². The standard InChI is InChI=1S/C21H26IN3O5S/c1-15(21(27)23-2)24(13-16-5-11-19(30-3)12-6-16)20(26)14-25(31(4,28)29)18-9-7-17(22)8-10-18/h5-12,15H,13-14H2,1-4H3,(H,23,27)/t15-/m1/s1. The summed E-state index contributed by atoms with van der Waals surface area (Å²) in [5.41, 5.74) is 1.17. The van der Waals surface area contributed by atoms with Crippen LogP contribution in [0, 0.1) is 3.57 Å². The number of amides is 2. The number of benzene rings is 2. The molecule has 2 aromatic carbocycles. The molecule has 0 spiro atoms. The first-order chi connectivity index (χ1) is 14.6. The average Bonchev–Trinajstić information content (AvgIpc) is 2.75. The predicted molar refractivity (Wildman–Crippen MR) is 128 cm³/mol. The molecule has 0 aliphatic heterocycles. The molecule has 168 valence electrons. The van der Waals surface area contributed by atoms with Gasteiger partial charge >= 0.3 is 0 Å². The number of sulfonamides is 1. The predicted octanol–water partition coefficient (Wildman–Crippen LogP) is 2.23. The number of hydrogen-bond acceptors (Lipinski definition) is 5. The summed E-state index contributed by atoms with van der Waals surface area (Å²) in [5, 5.41) is 2.54. The van der Waals surface area contributed by atoms with Crippen LogP contribution in [0.5, 0.6) is 5.75 Å². The van der Waals surface area contributed by atoms with Crippen molar-refractivity contribution >= 4 is 50.1 Å². The van der Waals surface area contributed by atoms with Crippen LogP contribution in [0.3, 0.4) is 0 Å². The van der Waals surface area contributed by atoms with Gasteiger partial charge in [0.1, 0.15) is 18.3 Å². The van der Waals surface area contributed by atoms with Gasteiger partial charge in [-0.2, -0.15) is 0 Å². The molecular formula is C21H26IN3O5S. The fourth-order valence-electron chi connectivity index (χ4n) is 2.94. The van der Waals surface area contributed by atoms with Crippen molar-refractivity contribution in [2.45, 2.75) is 19.5 Å². The Morgan fingerprint density at radius 1 is 1.10 bits per heavy atom. The van der Waals surface area contributed by atoms with E-state index >= 15 is 0 Å². The molecule has 2 rings (SSSR count). The van der Waals surface area contributed by atoms with Gasteiger partial charge in [-0.1, -0.05) is 12.1 Å². The van der Waals surface area contributed by atoms with E-state index in [1.54, 1.807) is 62.6 Å². The topological polar surface area (TPSA) is 96.0 Å². The molecule has 0 aliphatic carbocycles. The SMILES string of the molecule is CNC(=O)[C@@H](C)N(Cc1ccc(OC)cc1)C(=O)CN(c1ccc(I)cc1)S(C)(=O)=O. The van der Waals surface area contributed by atoms with Crippen molar-refractivity contribution in [3.63, 3.8) is 0 Å². The number of carbonyl (C=O) groups excluding carboxylic acids is 2. The summed E-state index contributed by atoms with van der Waals surface area (Å²) in [5.74, 6) is -0.166. The molecule has 0 aliphatic rings. The highest BCUT2D eigenvalue weighted by Gasteiger charge is 2.29. The monoisotopic (exact) mass is 559 g/mol. The Labute approximate surface area is 196 Å². The lowest BCUT2D eigenvalue weighted by Crippen LogP contribution is -2.50. The molecule has 0 heterocycles. The molecule has 2 aromatic rings. The number of rotatable bonds is 9. The first-order valence-corrected chi connectivity index (χ1v) is 12.4. The summed E-state index contributed by atoms with van der Waals surface area (Å²) in [4.78, 5) is 26.9. The maximum Gasteiger partial charge on any atom is 0.244 e. The molecular weight excluding hydrogens is 533 g/mol. The lowest BCUT2D eigenvalue weighted by molar-refractivity contribution is -0.139. The molecule has 1 atom stereocenters. The van der Waals surface area contributed by atoms with Crippen LogP contribution >= 0.6 is 22.6 Å². The van der Waals surface area contributed by atoms with E-state index in [9.17, 15) is 18.0 Å². The summed E-state index contributed by atoms with van der Waals surface area (Å²) in [6.07, 6.45) is 1.05. The maximum atomic E-state index is 13.2. The van der Waals surface area contributed by atoms with E-state index in [2.05, 4.69) is 27.9 Å². The summed E-state index contributed by atoms with van der Waals surface area (Å²) in [6.45, 7) is 1.33. The first-order valence-electron chi connectivity index (χ1n) is 9.44. The lowest BCUT2D eigenvalue weighted by atomic mass is 10.1. The minimum Gasteiger partial charge on any atom is -0.497 e. The molecule has 0 aromatic heterocycles. The van der Waals surface area contributed by atoms with E-state index in [0.29, 0.717) is 11.4 Å². The quantitative estimate of drug-likeness (QED) is 0.476. The zero-order valence-corrected chi connectivity index (χ0v) is 20.8. The van der Waals surface area contributed by atoms with Crippen LogP contribution in [-0.2, 0) is 26.2 Å². The smallest absolute Gasteiger partial charge is 0.244 e. The Balaban J connectivity index is 2.34. The molecule has 31 heavy (non-hydrogen) atoms. The van der Waals surface area contributed by atoms with E-state index in [-0.39, 0.29) is 12.5 Å². The Hall–Kier alpha value is -2.34. The normalized spacial score (nSPS) is 12.0. The molecule has 8 nitrogen and oxygen atoms in total. The maximum absolute atomic E-state index is 13.2. The van der Waals surface area contributed by atoms with Crippen molar-refractivity contribution in [1.29, 1.82) is 0 Å². The fraction of sp³-hybridized carbons (Fsp3) is 0.333. The van der Waals surface area contributed by atoms with Crippen LogP contribution in [0.4, 0.5) is 5.69 Å². The summed E-state index contributed by atoms with van der Waals surface area (Å²) >= 11 is 2.12. The molecule has 0 bridgehead atoms. The van der Waals surface area contributed by atoms with E-state index in [4.69, 9.17) is 4.74 Å². The number of halogens is 1. The van der Waals surface area contributed by atoms with Gasteiger partial charge in [-0.15, -0.1) is 0 Å². The molecule has 0 saturated heterocycles. The van der Waals surface area contributed by atoms with Gasteiger partial charge in [-0.3, -0.25) is 13.9 Å². The van der Waals surface area contributed by atoms with Gasteiger partial charge in [0.25, 0.3) is 0 Å². The van der Waals surface area contributed by atoms with Gasteiger partial charge in [0, 0.05) is 17.2 Å². The van der Waals surface area contributed by atoms with Crippen LogP contribution in [-0.4, -0.2) is 58.1 Å². The fourth-order valence-corrected chi connectivity index (χ4v) is 4.15. The largest absolute Gasteiger partial charge is 0.497 e. The second kappa shape index (κ2) is 10.8. The van der Waals surface area contributed by atoms with Crippen molar-refractivity contribution in [1.82, 2.24) is 10.2 Å². The van der Waals surface area contributed by atoms with E-state index < -0.39 is 28.5 Å². The Morgan fingerprint density at radius 2 is 1.68 bits per heavy atom. The minimum atomic E-state index is -3.73. The van der Waals surface area contributed by atoms with Gasteiger partial charge in [0.15, 0.2) is 0 Å². The van der Waals surface area contributed by atoms with Crippen LogP contribution in [0.15, 0.2) is 48.5 Å². The number of nitrogens with zero attached hydrogens (tertiary/aromatic N) is 2. The van der Waals surface area contributed by atoms with Crippen molar-refractivity contribution in [3.8, 4) is 5.75 Å². The number of carbonyl (C=O) groups is 2. The third-order valence-corrected chi connectivity index (χ3v) is 6.58. The molecule has 2 amide bonds. The number of methoxy groups -OCH3 is 1. The second-order valence-corrected chi connectivity index (χ2v) is 10.1. The Bertz CT molecular complexity index is 1010. The van der Waals surface area contributed by atoms with Crippen molar-refractivity contribution < 1.29 is 22.7 Å². The molecule has 1 N–H and O–H groups in total. The molecule has 0 saturated carbocycles. The van der Waals surface area contributed by atoms with Crippen LogP contribution in [0.2, 0.25) is 0 Å². The minimum absolute atomic E-state index is 0.141. The highest BCUT2D eigenvalue weighted by atomic mass is 127. The van der Waals surface area contributed by atoms with Crippen molar-refractivity contribution in [2.75, 3.05) is 31.3 Å². The average molecular weight is 559 g/mol. The second-order valence-electron chi connectivity index (χ2n) is 6.91. The third kappa shape index (κ3) is 6.82. The summed E-state index contributed by atoms with van der Waals surface area (Å²) < 4.78 is 32.0. The number of likely N-dealkylation sites (N-methyl/N-ethyl adjacent to an activating group) is 1. The van der Waals surface area contributed by atoms with Gasteiger partial charge in [-0.25, -0.2) is 8.42 Å².